The number of hydrogen-bond donors (Lipinski definition) is 1. The van der Waals surface area contributed by atoms with Gasteiger partial charge >= 0.3 is 0 Å². The maximum absolute atomic E-state index is 5.98. The van der Waals surface area contributed by atoms with E-state index in [1.165, 1.54) is 5.56 Å². The number of ether oxygens (including phenoxy) is 1. The fourth-order valence-electron chi connectivity index (χ4n) is 2.75. The van der Waals surface area contributed by atoms with E-state index < -0.39 is 0 Å². The summed E-state index contributed by atoms with van der Waals surface area (Å²) < 4.78 is 11.3. The Morgan fingerprint density at radius 2 is 2.17 bits per heavy atom. The van der Waals surface area contributed by atoms with Crippen LogP contribution in [0.15, 0.2) is 47.1 Å². The van der Waals surface area contributed by atoms with Gasteiger partial charge < -0.3 is 14.6 Å². The molecule has 23 heavy (non-hydrogen) atoms. The number of aromatic nitrogens is 2. The highest BCUT2D eigenvalue weighted by Crippen LogP contribution is 2.31. The van der Waals surface area contributed by atoms with Crippen LogP contribution in [0.1, 0.15) is 16.8 Å². The van der Waals surface area contributed by atoms with Gasteiger partial charge in [0.2, 0.25) is 0 Å². The molecule has 0 amide bonds. The van der Waals surface area contributed by atoms with Crippen LogP contribution in [0, 0.1) is 6.92 Å². The van der Waals surface area contributed by atoms with Gasteiger partial charge in [-0.15, -0.1) is 0 Å². The van der Waals surface area contributed by atoms with Gasteiger partial charge in [-0.2, -0.15) is 0 Å². The molecule has 1 aromatic carbocycles. The molecule has 2 aromatic heterocycles. The molecule has 0 saturated heterocycles. The van der Waals surface area contributed by atoms with Gasteiger partial charge in [-0.25, -0.2) is 4.98 Å². The average molecular weight is 307 g/mol. The summed E-state index contributed by atoms with van der Waals surface area (Å²) in [5, 5.41) is 7.07. The van der Waals surface area contributed by atoms with Gasteiger partial charge in [-0.1, -0.05) is 22.9 Å². The van der Waals surface area contributed by atoms with Crippen LogP contribution in [0.3, 0.4) is 0 Å². The number of nitrogens with one attached hydrogen (secondary N) is 1. The summed E-state index contributed by atoms with van der Waals surface area (Å²) in [6.07, 6.45) is 2.67. The Kier molecular flexibility index (Phi) is 3.46. The summed E-state index contributed by atoms with van der Waals surface area (Å²) in [6.45, 7) is 3.41. The molecule has 1 N–H and O–H groups in total. The second-order valence-corrected chi connectivity index (χ2v) is 5.65. The second kappa shape index (κ2) is 5.76. The van der Waals surface area contributed by atoms with E-state index in [0.717, 1.165) is 41.4 Å². The van der Waals surface area contributed by atoms with Crippen LogP contribution in [0.5, 0.6) is 5.75 Å². The molecule has 0 atom stereocenters. The number of aryl methyl sites for hydroxylation is 1. The van der Waals surface area contributed by atoms with Crippen LogP contribution >= 0.6 is 0 Å². The second-order valence-electron chi connectivity index (χ2n) is 5.65. The third-order valence-electron chi connectivity index (χ3n) is 3.94. The Balaban J connectivity index is 1.57. The Labute approximate surface area is 134 Å². The van der Waals surface area contributed by atoms with Crippen LogP contribution in [0.25, 0.3) is 11.3 Å². The lowest BCUT2D eigenvalue weighted by atomic mass is 10.1. The summed E-state index contributed by atoms with van der Waals surface area (Å²) in [6, 6.07) is 12.0. The first kappa shape index (κ1) is 13.8. The number of nitrogens with zero attached hydrogens (tertiary/aromatic N) is 2. The van der Waals surface area contributed by atoms with Crippen LogP contribution < -0.4 is 10.1 Å². The lowest BCUT2D eigenvalue weighted by molar-refractivity contribution is 0.301. The monoisotopic (exact) mass is 307 g/mol. The molecule has 1 aliphatic rings. The van der Waals surface area contributed by atoms with E-state index in [9.17, 15) is 0 Å². The van der Waals surface area contributed by atoms with Gasteiger partial charge in [0, 0.05) is 12.6 Å². The van der Waals surface area contributed by atoms with Gasteiger partial charge in [-0.3, -0.25) is 0 Å². The largest absolute Gasteiger partial charge is 0.487 e. The molecule has 5 nitrogen and oxygen atoms in total. The molecule has 0 spiro atoms. The molecule has 116 valence electrons. The van der Waals surface area contributed by atoms with E-state index in [2.05, 4.69) is 21.5 Å². The molecular formula is C18H17N3O2. The van der Waals surface area contributed by atoms with Crippen LogP contribution in [-0.4, -0.2) is 16.7 Å². The topological polar surface area (TPSA) is 60.2 Å². The molecule has 0 saturated carbocycles. The third kappa shape index (κ3) is 2.77. The molecule has 0 aliphatic carbocycles. The molecule has 0 unspecified atom stereocenters. The van der Waals surface area contributed by atoms with Gasteiger partial charge in [0.15, 0.2) is 5.76 Å². The Hall–Kier alpha value is -2.82. The predicted molar refractivity (Wildman–Crippen MR) is 87.4 cm³/mol. The number of benzene rings is 1. The first-order valence-corrected chi connectivity index (χ1v) is 7.67. The number of fused-ring (bicyclic) bond motifs is 1. The fourth-order valence-corrected chi connectivity index (χ4v) is 2.75. The van der Waals surface area contributed by atoms with Crippen molar-refractivity contribution in [1.29, 1.82) is 0 Å². The minimum Gasteiger partial charge on any atom is -0.487 e. The van der Waals surface area contributed by atoms with Gasteiger partial charge in [0.25, 0.3) is 0 Å². The maximum Gasteiger partial charge on any atom is 0.170 e. The van der Waals surface area contributed by atoms with E-state index in [-0.39, 0.29) is 0 Å². The minimum absolute atomic E-state index is 0.416. The Morgan fingerprint density at radius 1 is 1.22 bits per heavy atom. The molecule has 1 aliphatic heterocycles. The normalized spacial score (nSPS) is 12.7. The average Bonchev–Trinajstić information content (AvgIpc) is 3.24. The first-order valence-electron chi connectivity index (χ1n) is 7.67. The molecule has 4 rings (SSSR count). The number of hydrogen-bond acceptors (Lipinski definition) is 5. The summed E-state index contributed by atoms with van der Waals surface area (Å²) >= 11 is 0. The van der Waals surface area contributed by atoms with E-state index >= 15 is 0 Å². The van der Waals surface area contributed by atoms with Crippen molar-refractivity contribution in [2.75, 3.05) is 11.9 Å². The van der Waals surface area contributed by atoms with Gasteiger partial charge in [-0.05, 0) is 37.1 Å². The van der Waals surface area contributed by atoms with E-state index in [4.69, 9.17) is 9.26 Å². The summed E-state index contributed by atoms with van der Waals surface area (Å²) in [5.41, 5.74) is 4.22. The van der Waals surface area contributed by atoms with Crippen LogP contribution in [0.4, 0.5) is 5.82 Å². The van der Waals surface area contributed by atoms with Crippen molar-refractivity contribution in [3.63, 3.8) is 0 Å². The van der Waals surface area contributed by atoms with Crippen LogP contribution in [-0.2, 0) is 13.0 Å². The molecule has 5 heteroatoms. The lowest BCUT2D eigenvalue weighted by Crippen LogP contribution is -2.01. The van der Waals surface area contributed by atoms with E-state index in [1.54, 1.807) is 6.20 Å². The lowest BCUT2D eigenvalue weighted by Gasteiger charge is -2.11. The molecule has 0 radical (unpaired) electrons. The van der Waals surface area contributed by atoms with Crippen molar-refractivity contribution < 1.29 is 9.26 Å². The maximum atomic E-state index is 5.98. The Bertz CT molecular complexity index is 828. The fraction of sp³-hybridized carbons (Fsp3) is 0.222. The summed E-state index contributed by atoms with van der Waals surface area (Å²) in [4.78, 5) is 4.61. The molecule has 0 bridgehead atoms. The Morgan fingerprint density at radius 3 is 3.04 bits per heavy atom. The van der Waals surface area contributed by atoms with Crippen molar-refractivity contribution in [3.8, 4) is 17.1 Å². The van der Waals surface area contributed by atoms with Gasteiger partial charge in [0.05, 0.1) is 17.5 Å². The number of rotatable bonds is 4. The van der Waals surface area contributed by atoms with Crippen molar-refractivity contribution in [3.05, 3.63) is 59.4 Å². The van der Waals surface area contributed by atoms with E-state index in [0.29, 0.717) is 12.4 Å². The van der Waals surface area contributed by atoms with Crippen molar-refractivity contribution in [1.82, 2.24) is 10.1 Å². The number of pyridine rings is 1. The highest BCUT2D eigenvalue weighted by molar-refractivity contribution is 5.66. The molecule has 3 aromatic rings. The minimum atomic E-state index is 0.416. The van der Waals surface area contributed by atoms with Crippen molar-refractivity contribution >= 4 is 5.82 Å². The smallest absolute Gasteiger partial charge is 0.170 e. The quantitative estimate of drug-likeness (QED) is 0.798. The van der Waals surface area contributed by atoms with Crippen molar-refractivity contribution in [2.24, 2.45) is 0 Å². The third-order valence-corrected chi connectivity index (χ3v) is 3.94. The standard InChI is InChI=1S/C18H17N3O2/c1-12-2-5-16(15(10-12)17-7-9-20-23-17)22-11-14-4-3-13-6-8-19-18(13)21-14/h2-5,7,9-10H,6,8,11H2,1H3,(H,19,21). The zero-order valence-corrected chi connectivity index (χ0v) is 12.9. The molecule has 0 fully saturated rings. The molecule has 3 heterocycles. The number of anilines is 1. The SMILES string of the molecule is Cc1ccc(OCc2ccc3c(n2)NCC3)c(-c2ccno2)c1. The first-order chi connectivity index (χ1) is 11.3. The highest BCUT2D eigenvalue weighted by Gasteiger charge is 2.13. The van der Waals surface area contributed by atoms with E-state index in [1.807, 2.05) is 37.3 Å². The van der Waals surface area contributed by atoms with Gasteiger partial charge in [0.1, 0.15) is 18.2 Å². The van der Waals surface area contributed by atoms with Crippen molar-refractivity contribution in [2.45, 2.75) is 20.0 Å². The highest BCUT2D eigenvalue weighted by atomic mass is 16.5. The van der Waals surface area contributed by atoms with Crippen LogP contribution in [0.2, 0.25) is 0 Å². The predicted octanol–water partition coefficient (Wildman–Crippen LogP) is 3.59. The molecular weight excluding hydrogens is 290 g/mol. The summed E-state index contributed by atoms with van der Waals surface area (Å²) in [7, 11) is 0. The zero-order chi connectivity index (χ0) is 15.6. The summed E-state index contributed by atoms with van der Waals surface area (Å²) in [5.74, 6) is 2.44. The zero-order valence-electron chi connectivity index (χ0n) is 12.9.